The number of alkyl halides is 3. The lowest BCUT2D eigenvalue weighted by Gasteiger charge is -2.31. The molecule has 3 nitrogen and oxygen atoms in total. The minimum Gasteiger partial charge on any atom is -0.368 e. The Kier molecular flexibility index (Phi) is 4.70. The Bertz CT molecular complexity index is 661. The number of hydrogen-bond donors (Lipinski definition) is 1. The molecule has 1 N–H and O–H groups in total. The second-order valence-electron chi connectivity index (χ2n) is 4.89. The standard InChI is InChI=1S/C16H13F4NO2/c17-16(18,19)15(23,13-9-5-2-6-10-13)14(22)21(20)11-12-7-3-1-4-8-12/h1-10,23H,11H2. The molecule has 7 heteroatoms. The lowest BCUT2D eigenvalue weighted by Crippen LogP contribution is -2.53. The topological polar surface area (TPSA) is 40.5 Å². The predicted molar refractivity (Wildman–Crippen MR) is 74.5 cm³/mol. The number of benzene rings is 2. The molecule has 0 aliphatic heterocycles. The number of rotatable bonds is 4. The van der Waals surface area contributed by atoms with Gasteiger partial charge in [-0.05, 0) is 5.56 Å². The maximum absolute atomic E-state index is 14.0. The van der Waals surface area contributed by atoms with Gasteiger partial charge in [0.1, 0.15) is 0 Å². The second kappa shape index (κ2) is 6.37. The summed E-state index contributed by atoms with van der Waals surface area (Å²) in [5.74, 6) is -2.08. The van der Waals surface area contributed by atoms with Gasteiger partial charge in [0.15, 0.2) is 0 Å². The fraction of sp³-hybridized carbons (Fsp3) is 0.188. The number of amides is 1. The number of nitrogens with zero attached hydrogens (tertiary/aromatic N) is 1. The Hall–Kier alpha value is -2.41. The zero-order valence-electron chi connectivity index (χ0n) is 11.8. The molecule has 0 bridgehead atoms. The Morgan fingerprint density at radius 1 is 0.957 bits per heavy atom. The van der Waals surface area contributed by atoms with Crippen LogP contribution in [0.1, 0.15) is 11.1 Å². The summed E-state index contributed by atoms with van der Waals surface area (Å²) in [4.78, 5) is 12.0. The summed E-state index contributed by atoms with van der Waals surface area (Å²) in [6, 6.07) is 13.4. The van der Waals surface area contributed by atoms with Crippen molar-refractivity contribution in [3.63, 3.8) is 0 Å². The Balaban J connectivity index is 2.35. The highest BCUT2D eigenvalue weighted by Gasteiger charge is 2.62. The molecule has 122 valence electrons. The van der Waals surface area contributed by atoms with E-state index < -0.39 is 34.9 Å². The molecule has 2 rings (SSSR count). The van der Waals surface area contributed by atoms with Gasteiger partial charge in [0, 0.05) is 5.56 Å². The number of carbonyl (C=O) groups is 1. The third-order valence-corrected chi connectivity index (χ3v) is 3.30. The van der Waals surface area contributed by atoms with Crippen LogP contribution >= 0.6 is 0 Å². The Morgan fingerprint density at radius 2 is 1.43 bits per heavy atom. The van der Waals surface area contributed by atoms with E-state index >= 15 is 0 Å². The third-order valence-electron chi connectivity index (χ3n) is 3.30. The molecule has 1 unspecified atom stereocenters. The molecule has 2 aromatic carbocycles. The molecular weight excluding hydrogens is 314 g/mol. The van der Waals surface area contributed by atoms with E-state index in [2.05, 4.69) is 0 Å². The first-order chi connectivity index (χ1) is 10.8. The molecule has 0 aliphatic carbocycles. The Morgan fingerprint density at radius 3 is 1.91 bits per heavy atom. The van der Waals surface area contributed by atoms with Crippen LogP contribution in [0.2, 0.25) is 0 Å². The largest absolute Gasteiger partial charge is 0.430 e. The summed E-state index contributed by atoms with van der Waals surface area (Å²) >= 11 is 0. The summed E-state index contributed by atoms with van der Waals surface area (Å²) in [7, 11) is 0. The number of aliphatic hydroxyl groups is 1. The van der Waals surface area contributed by atoms with Gasteiger partial charge in [0.25, 0.3) is 11.5 Å². The minimum atomic E-state index is -5.37. The molecule has 0 saturated carbocycles. The molecule has 0 radical (unpaired) electrons. The van der Waals surface area contributed by atoms with E-state index in [1.54, 1.807) is 18.2 Å². The van der Waals surface area contributed by atoms with Gasteiger partial charge in [-0.1, -0.05) is 65.1 Å². The molecule has 0 saturated heterocycles. The van der Waals surface area contributed by atoms with Crippen LogP contribution in [0.25, 0.3) is 0 Å². The first-order valence-electron chi connectivity index (χ1n) is 6.63. The molecule has 0 fully saturated rings. The van der Waals surface area contributed by atoms with Gasteiger partial charge in [-0.15, -0.1) is 0 Å². The normalized spacial score (nSPS) is 14.1. The van der Waals surface area contributed by atoms with E-state index in [0.717, 1.165) is 12.1 Å². The van der Waals surface area contributed by atoms with Crippen molar-refractivity contribution in [2.45, 2.75) is 18.3 Å². The first-order valence-corrected chi connectivity index (χ1v) is 6.63. The van der Waals surface area contributed by atoms with E-state index in [4.69, 9.17) is 0 Å². The number of halogens is 4. The molecule has 1 amide bonds. The van der Waals surface area contributed by atoms with Gasteiger partial charge in [-0.3, -0.25) is 4.79 Å². The maximum atomic E-state index is 14.0. The summed E-state index contributed by atoms with van der Waals surface area (Å²) < 4.78 is 53.8. The van der Waals surface area contributed by atoms with Gasteiger partial charge in [-0.2, -0.15) is 18.3 Å². The summed E-state index contributed by atoms with van der Waals surface area (Å²) in [5.41, 5.74) is -4.40. The lowest BCUT2D eigenvalue weighted by molar-refractivity contribution is -0.268. The SMILES string of the molecule is O=C(N(F)Cc1ccccc1)C(O)(c1ccccc1)C(F)(F)F. The maximum Gasteiger partial charge on any atom is 0.430 e. The fourth-order valence-electron chi connectivity index (χ4n) is 2.08. The molecule has 0 aromatic heterocycles. The number of hydrogen-bond acceptors (Lipinski definition) is 2. The average Bonchev–Trinajstić information content (AvgIpc) is 2.54. The van der Waals surface area contributed by atoms with Gasteiger partial charge in [-0.25, -0.2) is 0 Å². The van der Waals surface area contributed by atoms with Crippen molar-refractivity contribution in [3.05, 3.63) is 71.8 Å². The molecule has 0 heterocycles. The van der Waals surface area contributed by atoms with Crippen LogP contribution in [0.3, 0.4) is 0 Å². The van der Waals surface area contributed by atoms with Crippen LogP contribution in [0.4, 0.5) is 17.7 Å². The minimum absolute atomic E-state index is 0.293. The molecular formula is C16H13F4NO2. The Labute approximate surface area is 129 Å². The zero-order valence-corrected chi connectivity index (χ0v) is 11.8. The molecule has 1 atom stereocenters. The van der Waals surface area contributed by atoms with E-state index in [-0.39, 0.29) is 0 Å². The average molecular weight is 327 g/mol. The molecule has 23 heavy (non-hydrogen) atoms. The van der Waals surface area contributed by atoms with E-state index in [1.807, 2.05) is 0 Å². The van der Waals surface area contributed by atoms with Gasteiger partial charge < -0.3 is 5.11 Å². The van der Waals surface area contributed by atoms with Crippen molar-refractivity contribution < 1.29 is 27.6 Å². The van der Waals surface area contributed by atoms with Crippen molar-refractivity contribution in [2.75, 3.05) is 0 Å². The van der Waals surface area contributed by atoms with E-state index in [0.29, 0.717) is 5.56 Å². The lowest BCUT2D eigenvalue weighted by atomic mass is 9.92. The molecule has 2 aromatic rings. The van der Waals surface area contributed by atoms with Crippen molar-refractivity contribution in [1.29, 1.82) is 0 Å². The number of carbonyl (C=O) groups excluding carboxylic acids is 1. The predicted octanol–water partition coefficient (Wildman–Crippen LogP) is 3.35. The zero-order chi connectivity index (χ0) is 17.1. The van der Waals surface area contributed by atoms with Crippen molar-refractivity contribution in [3.8, 4) is 0 Å². The van der Waals surface area contributed by atoms with Crippen LogP contribution in [-0.2, 0) is 16.9 Å². The van der Waals surface area contributed by atoms with Gasteiger partial charge in [0.05, 0.1) is 6.54 Å². The van der Waals surface area contributed by atoms with Crippen molar-refractivity contribution >= 4 is 5.91 Å². The second-order valence-corrected chi connectivity index (χ2v) is 4.89. The van der Waals surface area contributed by atoms with E-state index in [9.17, 15) is 27.6 Å². The molecule has 0 spiro atoms. The van der Waals surface area contributed by atoms with E-state index in [1.165, 1.54) is 30.3 Å². The van der Waals surface area contributed by atoms with Gasteiger partial charge >= 0.3 is 6.18 Å². The van der Waals surface area contributed by atoms with Crippen LogP contribution in [-0.4, -0.2) is 22.3 Å². The quantitative estimate of drug-likeness (QED) is 0.691. The van der Waals surface area contributed by atoms with Crippen LogP contribution < -0.4 is 0 Å². The summed E-state index contributed by atoms with van der Waals surface area (Å²) in [6.07, 6.45) is -5.37. The van der Waals surface area contributed by atoms with Gasteiger partial charge in [0.2, 0.25) is 0 Å². The third kappa shape index (κ3) is 3.34. The first kappa shape index (κ1) is 17.0. The van der Waals surface area contributed by atoms with Crippen molar-refractivity contribution in [2.24, 2.45) is 0 Å². The summed E-state index contributed by atoms with van der Waals surface area (Å²) in [5, 5.41) is 9.35. The fourth-order valence-corrected chi connectivity index (χ4v) is 2.08. The smallest absolute Gasteiger partial charge is 0.368 e. The van der Waals surface area contributed by atoms with Crippen LogP contribution in [0.5, 0.6) is 0 Å². The van der Waals surface area contributed by atoms with Crippen LogP contribution in [0.15, 0.2) is 60.7 Å². The monoisotopic (exact) mass is 327 g/mol. The van der Waals surface area contributed by atoms with Crippen molar-refractivity contribution in [1.82, 2.24) is 5.12 Å². The highest BCUT2D eigenvalue weighted by atomic mass is 19.4. The summed E-state index contributed by atoms with van der Waals surface area (Å²) in [6.45, 7) is -0.703. The highest BCUT2D eigenvalue weighted by Crippen LogP contribution is 2.40. The van der Waals surface area contributed by atoms with Crippen LogP contribution in [0, 0.1) is 0 Å². The highest BCUT2D eigenvalue weighted by molar-refractivity contribution is 5.86. The molecule has 0 aliphatic rings.